The fourth-order valence-electron chi connectivity index (χ4n) is 2.11. The first-order valence-electron chi connectivity index (χ1n) is 6.35. The van der Waals surface area contributed by atoms with Gasteiger partial charge in [-0.05, 0) is 25.2 Å². The van der Waals surface area contributed by atoms with Gasteiger partial charge >= 0.3 is 0 Å². The fraction of sp³-hybridized carbons (Fsp3) is 0.500. The van der Waals surface area contributed by atoms with Gasteiger partial charge in [-0.1, -0.05) is 0 Å². The third kappa shape index (κ3) is 3.08. The molecule has 1 aromatic carbocycles. The van der Waals surface area contributed by atoms with Gasteiger partial charge in [-0.3, -0.25) is 0 Å². The van der Waals surface area contributed by atoms with Crippen molar-refractivity contribution in [3.05, 3.63) is 29.1 Å². The SMILES string of the molecule is O=S(=O)(NC(CCO)C1CC1)c1c(F)c(F)c(F)c(F)c1F. The van der Waals surface area contributed by atoms with Crippen molar-refractivity contribution in [3.8, 4) is 0 Å². The molecule has 1 aliphatic rings. The Balaban J connectivity index is 2.45. The van der Waals surface area contributed by atoms with Gasteiger partial charge in [0.15, 0.2) is 28.2 Å². The quantitative estimate of drug-likeness (QED) is 0.470. The van der Waals surface area contributed by atoms with E-state index in [1.807, 2.05) is 4.72 Å². The normalized spacial score (nSPS) is 16.8. The number of aliphatic hydroxyl groups is 1. The molecule has 0 saturated heterocycles. The van der Waals surface area contributed by atoms with Crippen molar-refractivity contribution in [3.63, 3.8) is 0 Å². The smallest absolute Gasteiger partial charge is 0.246 e. The molecule has 2 rings (SSSR count). The van der Waals surface area contributed by atoms with E-state index >= 15 is 0 Å². The molecule has 1 fully saturated rings. The number of sulfonamides is 1. The maximum atomic E-state index is 13.6. The second kappa shape index (κ2) is 6.09. The predicted molar refractivity (Wildman–Crippen MR) is 64.8 cm³/mol. The van der Waals surface area contributed by atoms with E-state index in [4.69, 9.17) is 5.11 Å². The Labute approximate surface area is 123 Å². The van der Waals surface area contributed by atoms with E-state index in [-0.39, 0.29) is 18.9 Å². The molecule has 0 amide bonds. The van der Waals surface area contributed by atoms with E-state index in [2.05, 4.69) is 0 Å². The third-order valence-corrected chi connectivity index (χ3v) is 4.88. The topological polar surface area (TPSA) is 66.4 Å². The molecule has 4 nitrogen and oxygen atoms in total. The molecule has 0 radical (unpaired) electrons. The number of halogens is 5. The third-order valence-electron chi connectivity index (χ3n) is 3.38. The van der Waals surface area contributed by atoms with E-state index < -0.39 is 50.0 Å². The highest BCUT2D eigenvalue weighted by atomic mass is 32.2. The van der Waals surface area contributed by atoms with E-state index in [1.54, 1.807) is 0 Å². The zero-order valence-corrected chi connectivity index (χ0v) is 11.9. The minimum Gasteiger partial charge on any atom is -0.396 e. The van der Waals surface area contributed by atoms with Crippen LogP contribution in [0.3, 0.4) is 0 Å². The summed E-state index contributed by atoms with van der Waals surface area (Å²) in [5, 5.41) is 8.86. The lowest BCUT2D eigenvalue weighted by atomic mass is 10.1. The van der Waals surface area contributed by atoms with Crippen molar-refractivity contribution >= 4 is 10.0 Å². The highest BCUT2D eigenvalue weighted by molar-refractivity contribution is 7.89. The van der Waals surface area contributed by atoms with E-state index in [9.17, 15) is 30.4 Å². The van der Waals surface area contributed by atoms with Crippen LogP contribution in [0.2, 0.25) is 0 Å². The van der Waals surface area contributed by atoms with Gasteiger partial charge in [0, 0.05) is 12.6 Å². The van der Waals surface area contributed by atoms with Crippen LogP contribution in [0.25, 0.3) is 0 Å². The summed E-state index contributed by atoms with van der Waals surface area (Å²) in [7, 11) is -4.97. The summed E-state index contributed by atoms with van der Waals surface area (Å²) in [6, 6.07) is -0.829. The highest BCUT2D eigenvalue weighted by Gasteiger charge is 2.38. The van der Waals surface area contributed by atoms with Gasteiger partial charge in [0.1, 0.15) is 0 Å². The van der Waals surface area contributed by atoms with Crippen LogP contribution in [0, 0.1) is 35.0 Å². The molecule has 0 bridgehead atoms. The Kier molecular flexibility index (Phi) is 4.73. The number of hydrogen-bond donors (Lipinski definition) is 2. The molecule has 0 spiro atoms. The summed E-state index contributed by atoms with van der Waals surface area (Å²) in [5.74, 6) is -12.1. The number of benzene rings is 1. The average molecular weight is 345 g/mol. The lowest BCUT2D eigenvalue weighted by Gasteiger charge is -2.18. The van der Waals surface area contributed by atoms with Crippen LogP contribution >= 0.6 is 0 Å². The molecule has 1 atom stereocenters. The highest BCUT2D eigenvalue weighted by Crippen LogP contribution is 2.35. The number of nitrogens with one attached hydrogen (secondary N) is 1. The number of rotatable bonds is 6. The van der Waals surface area contributed by atoms with Crippen molar-refractivity contribution < 1.29 is 35.5 Å². The van der Waals surface area contributed by atoms with Gasteiger partial charge in [0.05, 0.1) is 0 Å². The standard InChI is InChI=1S/C12H12F5NO3S/c13-7-8(14)10(16)12(11(17)9(7)15)22(20,21)18-6(3-4-19)5-1-2-5/h5-6,18-19H,1-4H2. The largest absolute Gasteiger partial charge is 0.396 e. The summed E-state index contributed by atoms with van der Waals surface area (Å²) in [6.45, 7) is -0.388. The van der Waals surface area contributed by atoms with Crippen molar-refractivity contribution in [2.75, 3.05) is 6.61 Å². The fourth-order valence-corrected chi connectivity index (χ4v) is 3.59. The molecule has 10 heteroatoms. The summed E-state index contributed by atoms with van der Waals surface area (Å²) < 4.78 is 92.1. The van der Waals surface area contributed by atoms with Crippen molar-refractivity contribution in [2.45, 2.75) is 30.2 Å². The van der Waals surface area contributed by atoms with E-state index in [0.717, 1.165) is 0 Å². The monoisotopic (exact) mass is 345 g/mol. The van der Waals surface area contributed by atoms with Crippen LogP contribution in [0.1, 0.15) is 19.3 Å². The molecule has 0 heterocycles. The second-order valence-corrected chi connectivity index (χ2v) is 6.63. The van der Waals surface area contributed by atoms with E-state index in [1.165, 1.54) is 0 Å². The zero-order chi connectivity index (χ0) is 16.7. The van der Waals surface area contributed by atoms with Crippen molar-refractivity contribution in [1.82, 2.24) is 4.72 Å². The van der Waals surface area contributed by atoms with Crippen LogP contribution in [0.15, 0.2) is 4.90 Å². The van der Waals surface area contributed by atoms with Crippen LogP contribution in [0.4, 0.5) is 22.0 Å². The second-order valence-electron chi connectivity index (χ2n) is 4.98. The summed E-state index contributed by atoms with van der Waals surface area (Å²) in [6.07, 6.45) is 1.26. The first kappa shape index (κ1) is 17.1. The van der Waals surface area contributed by atoms with Gasteiger partial charge in [-0.15, -0.1) is 0 Å². The summed E-state index contributed by atoms with van der Waals surface area (Å²) in [4.78, 5) is -1.91. The zero-order valence-electron chi connectivity index (χ0n) is 11.0. The Hall–Kier alpha value is -1.26. The lowest BCUT2D eigenvalue weighted by Crippen LogP contribution is -2.38. The van der Waals surface area contributed by atoms with Crippen LogP contribution in [-0.2, 0) is 10.0 Å². The van der Waals surface area contributed by atoms with Gasteiger partial charge < -0.3 is 5.11 Å². The van der Waals surface area contributed by atoms with Gasteiger partial charge in [-0.2, -0.15) is 0 Å². The maximum absolute atomic E-state index is 13.6. The van der Waals surface area contributed by atoms with Crippen molar-refractivity contribution in [2.24, 2.45) is 5.92 Å². The number of aliphatic hydroxyl groups excluding tert-OH is 1. The molecular weight excluding hydrogens is 333 g/mol. The molecular formula is C12H12F5NO3S. The van der Waals surface area contributed by atoms with Gasteiger partial charge in [-0.25, -0.2) is 35.1 Å². The molecule has 124 valence electrons. The van der Waals surface area contributed by atoms with Crippen LogP contribution in [-0.4, -0.2) is 26.2 Å². The molecule has 2 N–H and O–H groups in total. The molecule has 1 aromatic rings. The van der Waals surface area contributed by atoms with Gasteiger partial charge in [0.2, 0.25) is 15.8 Å². The minimum absolute atomic E-state index is 0.0285. The predicted octanol–water partition coefficient (Wildman–Crippen LogP) is 1.82. The Bertz CT molecular complexity index is 661. The first-order valence-corrected chi connectivity index (χ1v) is 7.83. The Morgan fingerprint density at radius 1 is 1.00 bits per heavy atom. The lowest BCUT2D eigenvalue weighted by molar-refractivity contribution is 0.265. The van der Waals surface area contributed by atoms with E-state index in [0.29, 0.717) is 12.8 Å². The average Bonchev–Trinajstić information content (AvgIpc) is 3.27. The Morgan fingerprint density at radius 3 is 1.86 bits per heavy atom. The summed E-state index contributed by atoms with van der Waals surface area (Å²) >= 11 is 0. The maximum Gasteiger partial charge on any atom is 0.246 e. The van der Waals surface area contributed by atoms with Crippen LogP contribution in [0.5, 0.6) is 0 Å². The molecule has 22 heavy (non-hydrogen) atoms. The first-order chi connectivity index (χ1) is 10.2. The molecule has 1 aliphatic carbocycles. The molecule has 1 saturated carbocycles. The number of hydrogen-bond acceptors (Lipinski definition) is 3. The molecule has 0 aromatic heterocycles. The Morgan fingerprint density at radius 2 is 1.45 bits per heavy atom. The molecule has 0 aliphatic heterocycles. The minimum atomic E-state index is -4.97. The molecule has 1 unspecified atom stereocenters. The van der Waals surface area contributed by atoms with Crippen molar-refractivity contribution in [1.29, 1.82) is 0 Å². The summed E-state index contributed by atoms with van der Waals surface area (Å²) in [5.41, 5.74) is 0. The van der Waals surface area contributed by atoms with Crippen LogP contribution < -0.4 is 4.72 Å². The van der Waals surface area contributed by atoms with Gasteiger partial charge in [0.25, 0.3) is 0 Å².